The van der Waals surface area contributed by atoms with Gasteiger partial charge in [0.25, 0.3) is 0 Å². The van der Waals surface area contributed by atoms with Gasteiger partial charge in [-0.05, 0) is 33.6 Å². The molecule has 3 unspecified atom stereocenters. The summed E-state index contributed by atoms with van der Waals surface area (Å²) in [7, 11) is 0. The van der Waals surface area contributed by atoms with Crippen LogP contribution in [-0.2, 0) is 4.74 Å². The Bertz CT molecular complexity index is 343. The molecule has 0 saturated carbocycles. The van der Waals surface area contributed by atoms with E-state index >= 15 is 0 Å². The Morgan fingerprint density at radius 3 is 2.61 bits per heavy atom. The molecule has 0 bridgehead atoms. The SMILES string of the molecule is CCC1C(O)C(C#N)CCN1C(=O)OC(C)(C)C. The number of likely N-dealkylation sites (tertiary alicyclic amines) is 1. The van der Waals surface area contributed by atoms with Gasteiger partial charge in [-0.15, -0.1) is 0 Å². The Hall–Kier alpha value is -1.28. The summed E-state index contributed by atoms with van der Waals surface area (Å²) in [6.45, 7) is 7.78. The number of aliphatic hydroxyl groups is 1. The molecule has 1 saturated heterocycles. The van der Waals surface area contributed by atoms with E-state index in [2.05, 4.69) is 6.07 Å². The van der Waals surface area contributed by atoms with E-state index in [1.54, 1.807) is 4.90 Å². The second-order valence-corrected chi connectivity index (χ2v) is 5.66. The molecule has 0 radical (unpaired) electrons. The maximum absolute atomic E-state index is 12.0. The van der Waals surface area contributed by atoms with Gasteiger partial charge in [0.2, 0.25) is 0 Å². The molecular formula is C13H22N2O3. The highest BCUT2D eigenvalue weighted by Gasteiger charge is 2.39. The molecule has 1 amide bonds. The largest absolute Gasteiger partial charge is 0.444 e. The summed E-state index contributed by atoms with van der Waals surface area (Å²) in [6, 6.07) is 1.76. The second-order valence-electron chi connectivity index (χ2n) is 5.66. The molecule has 0 aromatic rings. The quantitative estimate of drug-likeness (QED) is 0.775. The van der Waals surface area contributed by atoms with Crippen molar-refractivity contribution >= 4 is 6.09 Å². The van der Waals surface area contributed by atoms with Crippen molar-refractivity contribution in [1.82, 2.24) is 4.90 Å². The van der Waals surface area contributed by atoms with E-state index in [4.69, 9.17) is 10.00 Å². The Morgan fingerprint density at radius 2 is 2.17 bits per heavy atom. The molecule has 1 aliphatic rings. The van der Waals surface area contributed by atoms with Gasteiger partial charge in [-0.2, -0.15) is 5.26 Å². The van der Waals surface area contributed by atoms with E-state index in [9.17, 15) is 9.90 Å². The smallest absolute Gasteiger partial charge is 0.410 e. The van der Waals surface area contributed by atoms with Crippen LogP contribution in [0.1, 0.15) is 40.5 Å². The molecule has 1 fully saturated rings. The van der Waals surface area contributed by atoms with E-state index < -0.39 is 23.7 Å². The molecule has 5 nitrogen and oxygen atoms in total. The average molecular weight is 254 g/mol. The molecular weight excluding hydrogens is 232 g/mol. The lowest BCUT2D eigenvalue weighted by atomic mass is 9.88. The van der Waals surface area contributed by atoms with Crippen molar-refractivity contribution in [2.24, 2.45) is 5.92 Å². The highest BCUT2D eigenvalue weighted by atomic mass is 16.6. The third kappa shape index (κ3) is 3.36. The first-order valence-corrected chi connectivity index (χ1v) is 6.37. The molecule has 5 heteroatoms. The minimum Gasteiger partial charge on any atom is -0.444 e. The van der Waals surface area contributed by atoms with E-state index in [0.29, 0.717) is 19.4 Å². The number of hydrogen-bond donors (Lipinski definition) is 1. The number of hydrogen-bond acceptors (Lipinski definition) is 4. The minimum atomic E-state index is -0.790. The topological polar surface area (TPSA) is 73.6 Å². The van der Waals surface area contributed by atoms with Crippen LogP contribution in [0.4, 0.5) is 4.79 Å². The summed E-state index contributed by atoms with van der Waals surface area (Å²) >= 11 is 0. The fourth-order valence-electron chi connectivity index (χ4n) is 2.22. The molecule has 3 atom stereocenters. The fraction of sp³-hybridized carbons (Fsp3) is 0.846. The van der Waals surface area contributed by atoms with Crippen LogP contribution in [0.2, 0.25) is 0 Å². The van der Waals surface area contributed by atoms with Crippen LogP contribution in [0.15, 0.2) is 0 Å². The van der Waals surface area contributed by atoms with Crippen LogP contribution in [0.25, 0.3) is 0 Å². The van der Waals surface area contributed by atoms with Crippen LogP contribution in [-0.4, -0.2) is 40.4 Å². The summed E-state index contributed by atoms with van der Waals surface area (Å²) in [6.07, 6.45) is -0.0996. The zero-order chi connectivity index (χ0) is 13.9. The van der Waals surface area contributed by atoms with Gasteiger partial charge < -0.3 is 14.7 Å². The lowest BCUT2D eigenvalue weighted by Crippen LogP contribution is -2.55. The number of piperidine rings is 1. The van der Waals surface area contributed by atoms with Gasteiger partial charge in [0.05, 0.1) is 24.1 Å². The second kappa shape index (κ2) is 5.57. The Morgan fingerprint density at radius 1 is 1.56 bits per heavy atom. The van der Waals surface area contributed by atoms with Gasteiger partial charge >= 0.3 is 6.09 Å². The Kier molecular flexibility index (Phi) is 4.58. The van der Waals surface area contributed by atoms with Gasteiger partial charge in [-0.1, -0.05) is 6.92 Å². The Balaban J connectivity index is 2.77. The lowest BCUT2D eigenvalue weighted by Gasteiger charge is -2.41. The zero-order valence-corrected chi connectivity index (χ0v) is 11.5. The number of carbonyl (C=O) groups is 1. The molecule has 1 N–H and O–H groups in total. The van der Waals surface area contributed by atoms with Crippen LogP contribution in [0.3, 0.4) is 0 Å². The maximum atomic E-state index is 12.0. The number of amides is 1. The predicted molar refractivity (Wildman–Crippen MR) is 66.7 cm³/mol. The van der Waals surface area contributed by atoms with E-state index in [1.165, 1.54) is 0 Å². The third-order valence-corrected chi connectivity index (χ3v) is 3.10. The van der Waals surface area contributed by atoms with Crippen molar-refractivity contribution in [2.75, 3.05) is 6.54 Å². The zero-order valence-electron chi connectivity index (χ0n) is 11.5. The third-order valence-electron chi connectivity index (χ3n) is 3.10. The first-order chi connectivity index (χ1) is 8.30. The van der Waals surface area contributed by atoms with Crippen molar-refractivity contribution in [3.63, 3.8) is 0 Å². The lowest BCUT2D eigenvalue weighted by molar-refractivity contribution is -0.0361. The van der Waals surface area contributed by atoms with Gasteiger partial charge in [0, 0.05) is 6.54 Å². The van der Waals surface area contributed by atoms with E-state index in [0.717, 1.165) is 0 Å². The molecule has 102 valence electrons. The molecule has 1 aliphatic heterocycles. The van der Waals surface area contributed by atoms with Crippen LogP contribution in [0, 0.1) is 17.2 Å². The van der Waals surface area contributed by atoms with Crippen molar-refractivity contribution in [1.29, 1.82) is 5.26 Å². The summed E-state index contributed by atoms with van der Waals surface area (Å²) in [5.41, 5.74) is -0.549. The van der Waals surface area contributed by atoms with E-state index in [1.807, 2.05) is 27.7 Å². The molecule has 0 aliphatic carbocycles. The van der Waals surface area contributed by atoms with Gasteiger partial charge in [-0.25, -0.2) is 4.79 Å². The minimum absolute atomic E-state index is 0.335. The standard InChI is InChI=1S/C13H22N2O3/c1-5-10-11(16)9(8-14)6-7-15(10)12(17)18-13(2,3)4/h9-11,16H,5-7H2,1-4H3. The monoisotopic (exact) mass is 254 g/mol. The molecule has 1 heterocycles. The highest BCUT2D eigenvalue weighted by molar-refractivity contribution is 5.68. The number of nitriles is 1. The number of nitrogens with zero attached hydrogens (tertiary/aromatic N) is 2. The van der Waals surface area contributed by atoms with Crippen molar-refractivity contribution < 1.29 is 14.6 Å². The molecule has 0 spiro atoms. The first-order valence-electron chi connectivity index (χ1n) is 6.37. The van der Waals surface area contributed by atoms with Crippen LogP contribution in [0.5, 0.6) is 0 Å². The summed E-state index contributed by atoms with van der Waals surface area (Å²) < 4.78 is 5.32. The van der Waals surface area contributed by atoms with Crippen molar-refractivity contribution in [2.45, 2.75) is 58.3 Å². The van der Waals surface area contributed by atoms with Crippen LogP contribution >= 0.6 is 0 Å². The number of carbonyl (C=O) groups excluding carboxylic acids is 1. The fourth-order valence-corrected chi connectivity index (χ4v) is 2.22. The van der Waals surface area contributed by atoms with E-state index in [-0.39, 0.29) is 6.04 Å². The Labute approximate surface area is 108 Å². The molecule has 18 heavy (non-hydrogen) atoms. The summed E-state index contributed by atoms with van der Waals surface area (Å²) in [5.74, 6) is -0.395. The number of ether oxygens (including phenoxy) is 1. The molecule has 0 aromatic carbocycles. The first kappa shape index (κ1) is 14.8. The molecule has 0 aromatic heterocycles. The number of rotatable bonds is 1. The van der Waals surface area contributed by atoms with Crippen molar-refractivity contribution in [3.8, 4) is 6.07 Å². The number of aliphatic hydroxyl groups excluding tert-OH is 1. The van der Waals surface area contributed by atoms with Crippen LogP contribution < -0.4 is 0 Å². The summed E-state index contributed by atoms with van der Waals surface area (Å²) in [4.78, 5) is 13.6. The maximum Gasteiger partial charge on any atom is 0.410 e. The van der Waals surface area contributed by atoms with Gasteiger partial charge in [0.15, 0.2) is 0 Å². The van der Waals surface area contributed by atoms with Gasteiger partial charge in [-0.3, -0.25) is 0 Å². The van der Waals surface area contributed by atoms with Crippen molar-refractivity contribution in [3.05, 3.63) is 0 Å². The average Bonchev–Trinajstić information content (AvgIpc) is 2.26. The predicted octanol–water partition coefficient (Wildman–Crippen LogP) is 1.91. The van der Waals surface area contributed by atoms with Gasteiger partial charge in [0.1, 0.15) is 5.60 Å². The summed E-state index contributed by atoms with van der Waals surface area (Å²) in [5, 5.41) is 19.0. The normalized spacial score (nSPS) is 28.7. The molecule has 1 rings (SSSR count). The highest BCUT2D eigenvalue weighted by Crippen LogP contribution is 2.26.